The molecule has 1 aromatic carbocycles. The summed E-state index contributed by atoms with van der Waals surface area (Å²) in [4.78, 5) is 0. The highest BCUT2D eigenvalue weighted by atomic mass is 19.2. The molecule has 0 atom stereocenters. The quantitative estimate of drug-likeness (QED) is 0.525. The Morgan fingerprint density at radius 1 is 1.13 bits per heavy atom. The lowest BCUT2D eigenvalue weighted by molar-refractivity contribution is 0.493. The van der Waals surface area contributed by atoms with Crippen molar-refractivity contribution >= 4 is 6.08 Å². The third-order valence-electron chi connectivity index (χ3n) is 1.56. The Balaban J connectivity index is 3.35. The number of allylic oxidation sites excluding steroid dienone is 1. The number of nitriles is 2. The van der Waals surface area contributed by atoms with E-state index in [1.807, 2.05) is 0 Å². The predicted molar refractivity (Wildman–Crippen MR) is 45.5 cm³/mol. The van der Waals surface area contributed by atoms with Gasteiger partial charge in [-0.1, -0.05) is 0 Å². The van der Waals surface area contributed by atoms with E-state index >= 15 is 0 Å². The SMILES string of the molecule is N#CC(C#N)=Cc1cc(F)cc(F)c1F. The molecular formula is C10H3F3N2. The number of nitrogens with zero attached hydrogens (tertiary/aromatic N) is 2. The second kappa shape index (κ2) is 4.30. The van der Waals surface area contributed by atoms with Gasteiger partial charge in [-0.3, -0.25) is 0 Å². The highest BCUT2D eigenvalue weighted by Gasteiger charge is 2.09. The van der Waals surface area contributed by atoms with E-state index in [9.17, 15) is 13.2 Å². The summed E-state index contributed by atoms with van der Waals surface area (Å²) < 4.78 is 38.4. The maximum Gasteiger partial charge on any atom is 0.166 e. The van der Waals surface area contributed by atoms with Gasteiger partial charge in [0.2, 0.25) is 0 Å². The van der Waals surface area contributed by atoms with Gasteiger partial charge < -0.3 is 0 Å². The van der Waals surface area contributed by atoms with Crippen LogP contribution in [0.15, 0.2) is 17.7 Å². The number of hydrogen-bond donors (Lipinski definition) is 0. The Hall–Kier alpha value is -2.27. The standard InChI is InChI=1S/C10H3F3N2/c11-8-2-7(1-6(4-14)5-15)10(13)9(12)3-8/h1-3H. The minimum absolute atomic E-state index is 0.380. The van der Waals surface area contributed by atoms with E-state index in [4.69, 9.17) is 10.5 Å². The Labute approximate surface area is 83.5 Å². The minimum atomic E-state index is -1.36. The molecule has 1 aromatic rings. The van der Waals surface area contributed by atoms with Crippen molar-refractivity contribution in [2.45, 2.75) is 0 Å². The average Bonchev–Trinajstić information content (AvgIpc) is 2.21. The fourth-order valence-corrected chi connectivity index (χ4v) is 0.926. The first-order valence-corrected chi connectivity index (χ1v) is 3.75. The van der Waals surface area contributed by atoms with Crippen molar-refractivity contribution in [3.8, 4) is 12.1 Å². The Bertz CT molecular complexity index is 491. The molecule has 5 heteroatoms. The monoisotopic (exact) mass is 208 g/mol. The molecule has 0 fully saturated rings. The van der Waals surface area contributed by atoms with Crippen LogP contribution in [0.25, 0.3) is 6.08 Å². The molecule has 0 spiro atoms. The zero-order valence-corrected chi connectivity index (χ0v) is 7.26. The first-order valence-electron chi connectivity index (χ1n) is 3.75. The zero-order chi connectivity index (χ0) is 11.4. The van der Waals surface area contributed by atoms with Crippen LogP contribution >= 0.6 is 0 Å². The second-order valence-electron chi connectivity index (χ2n) is 2.57. The van der Waals surface area contributed by atoms with Gasteiger partial charge in [0.05, 0.1) is 0 Å². The van der Waals surface area contributed by atoms with E-state index < -0.39 is 28.6 Å². The molecule has 0 aliphatic rings. The van der Waals surface area contributed by atoms with E-state index in [2.05, 4.69) is 0 Å². The highest BCUT2D eigenvalue weighted by Crippen LogP contribution is 2.16. The lowest BCUT2D eigenvalue weighted by Gasteiger charge is -1.98. The van der Waals surface area contributed by atoms with Gasteiger partial charge in [0.25, 0.3) is 0 Å². The Morgan fingerprint density at radius 3 is 2.27 bits per heavy atom. The topological polar surface area (TPSA) is 47.6 Å². The van der Waals surface area contributed by atoms with Crippen LogP contribution < -0.4 is 0 Å². The molecule has 0 heterocycles. The van der Waals surface area contributed by atoms with E-state index in [1.54, 1.807) is 0 Å². The van der Waals surface area contributed by atoms with Gasteiger partial charge in [0.1, 0.15) is 23.5 Å². The van der Waals surface area contributed by atoms with Gasteiger partial charge in [0, 0.05) is 11.6 Å². The van der Waals surface area contributed by atoms with Crippen LogP contribution in [0.4, 0.5) is 13.2 Å². The molecule has 15 heavy (non-hydrogen) atoms. The van der Waals surface area contributed by atoms with Crippen molar-refractivity contribution in [1.82, 2.24) is 0 Å². The molecule has 74 valence electrons. The Kier molecular flexibility index (Phi) is 3.10. The molecule has 0 radical (unpaired) electrons. The van der Waals surface area contributed by atoms with Crippen LogP contribution in [0.2, 0.25) is 0 Å². The molecule has 0 saturated heterocycles. The molecule has 0 N–H and O–H groups in total. The van der Waals surface area contributed by atoms with Crippen molar-refractivity contribution in [3.63, 3.8) is 0 Å². The number of benzene rings is 1. The van der Waals surface area contributed by atoms with Crippen molar-refractivity contribution < 1.29 is 13.2 Å². The maximum atomic E-state index is 13.0. The number of rotatable bonds is 1. The minimum Gasteiger partial charge on any atom is -0.207 e. The molecular weight excluding hydrogens is 205 g/mol. The molecule has 0 saturated carbocycles. The third kappa shape index (κ3) is 2.35. The average molecular weight is 208 g/mol. The fraction of sp³-hybridized carbons (Fsp3) is 0. The van der Waals surface area contributed by atoms with E-state index in [1.165, 1.54) is 12.1 Å². The van der Waals surface area contributed by atoms with E-state index in [-0.39, 0.29) is 0 Å². The van der Waals surface area contributed by atoms with Crippen molar-refractivity contribution in [2.75, 3.05) is 0 Å². The summed E-state index contributed by atoms with van der Waals surface area (Å²) >= 11 is 0. The van der Waals surface area contributed by atoms with Crippen LogP contribution in [0.5, 0.6) is 0 Å². The van der Waals surface area contributed by atoms with Gasteiger partial charge in [-0.25, -0.2) is 13.2 Å². The van der Waals surface area contributed by atoms with Gasteiger partial charge in [0.15, 0.2) is 11.6 Å². The zero-order valence-electron chi connectivity index (χ0n) is 7.26. The predicted octanol–water partition coefficient (Wildman–Crippen LogP) is 2.53. The molecule has 0 amide bonds. The fourth-order valence-electron chi connectivity index (χ4n) is 0.926. The number of halogens is 3. The van der Waals surface area contributed by atoms with Gasteiger partial charge >= 0.3 is 0 Å². The normalized spacial score (nSPS) is 8.87. The largest absolute Gasteiger partial charge is 0.207 e. The first-order chi connectivity index (χ1) is 7.08. The molecule has 0 aliphatic carbocycles. The van der Waals surface area contributed by atoms with Crippen molar-refractivity contribution in [3.05, 3.63) is 40.7 Å². The summed E-state index contributed by atoms with van der Waals surface area (Å²) in [6.07, 6.45) is 0.779. The summed E-state index contributed by atoms with van der Waals surface area (Å²) in [5.74, 6) is -3.63. The molecule has 0 aromatic heterocycles. The summed E-state index contributed by atoms with van der Waals surface area (Å²) in [5, 5.41) is 16.7. The Morgan fingerprint density at radius 2 is 1.73 bits per heavy atom. The number of hydrogen-bond acceptors (Lipinski definition) is 2. The molecule has 1 rings (SSSR count). The highest BCUT2D eigenvalue weighted by molar-refractivity contribution is 5.62. The molecule has 0 bridgehead atoms. The van der Waals surface area contributed by atoms with E-state index in [0.717, 1.165) is 6.08 Å². The van der Waals surface area contributed by atoms with Gasteiger partial charge in [-0.05, 0) is 12.1 Å². The smallest absolute Gasteiger partial charge is 0.166 e. The van der Waals surface area contributed by atoms with Gasteiger partial charge in [-0.15, -0.1) is 0 Å². The lowest BCUT2D eigenvalue weighted by atomic mass is 10.1. The van der Waals surface area contributed by atoms with Crippen LogP contribution in [-0.4, -0.2) is 0 Å². The molecule has 0 aliphatic heterocycles. The lowest BCUT2D eigenvalue weighted by Crippen LogP contribution is -1.91. The summed E-state index contributed by atoms with van der Waals surface area (Å²) in [5.41, 5.74) is -0.899. The van der Waals surface area contributed by atoms with Crippen LogP contribution in [-0.2, 0) is 0 Å². The van der Waals surface area contributed by atoms with Gasteiger partial charge in [-0.2, -0.15) is 10.5 Å². The first kappa shape index (κ1) is 10.8. The van der Waals surface area contributed by atoms with E-state index in [0.29, 0.717) is 12.1 Å². The van der Waals surface area contributed by atoms with Crippen LogP contribution in [0.3, 0.4) is 0 Å². The second-order valence-corrected chi connectivity index (χ2v) is 2.57. The summed E-state index contributed by atoms with van der Waals surface area (Å²) in [6, 6.07) is 3.99. The van der Waals surface area contributed by atoms with Crippen LogP contribution in [0.1, 0.15) is 5.56 Å². The third-order valence-corrected chi connectivity index (χ3v) is 1.56. The summed E-state index contributed by atoms with van der Waals surface area (Å²) in [6.45, 7) is 0. The maximum absolute atomic E-state index is 13.0. The molecule has 0 unspecified atom stereocenters. The van der Waals surface area contributed by atoms with Crippen LogP contribution in [0, 0.1) is 40.1 Å². The summed E-state index contributed by atoms with van der Waals surface area (Å²) in [7, 11) is 0. The van der Waals surface area contributed by atoms with Crippen molar-refractivity contribution in [2.24, 2.45) is 0 Å². The van der Waals surface area contributed by atoms with Crippen molar-refractivity contribution in [1.29, 1.82) is 10.5 Å². The molecule has 2 nitrogen and oxygen atoms in total.